The molecule has 0 saturated carbocycles. The van der Waals surface area contributed by atoms with Crippen LogP contribution in [0.3, 0.4) is 0 Å². The highest BCUT2D eigenvalue weighted by Gasteiger charge is 2.12. The summed E-state index contributed by atoms with van der Waals surface area (Å²) in [5.41, 5.74) is 1.27. The van der Waals surface area contributed by atoms with Gasteiger partial charge in [0.1, 0.15) is 0 Å². The van der Waals surface area contributed by atoms with E-state index < -0.39 is 0 Å². The smallest absolute Gasteiger partial charge is 0.203 e. The van der Waals surface area contributed by atoms with Crippen molar-refractivity contribution in [2.24, 2.45) is 0 Å². The van der Waals surface area contributed by atoms with E-state index in [2.05, 4.69) is 15.9 Å². The lowest BCUT2D eigenvalue weighted by atomic mass is 10.1. The Morgan fingerprint density at radius 1 is 0.870 bits per heavy atom. The number of halogens is 1. The van der Waals surface area contributed by atoms with Gasteiger partial charge in [0.25, 0.3) is 0 Å². The Bertz CT molecular complexity index is 715. The number of phenolic OH excluding ortho intramolecular Hbond substituents is 2. The molecule has 0 bridgehead atoms. The van der Waals surface area contributed by atoms with Gasteiger partial charge < -0.3 is 24.4 Å². The molecular formula is C17H17BrO5. The maximum Gasteiger partial charge on any atom is 0.203 e. The van der Waals surface area contributed by atoms with Crippen molar-refractivity contribution >= 4 is 28.1 Å². The highest BCUT2D eigenvalue weighted by atomic mass is 79.9. The topological polar surface area (TPSA) is 68.2 Å². The van der Waals surface area contributed by atoms with Gasteiger partial charge in [-0.25, -0.2) is 0 Å². The number of phenols is 2. The Labute approximate surface area is 142 Å². The fourth-order valence-corrected chi connectivity index (χ4v) is 2.58. The van der Waals surface area contributed by atoms with Crippen LogP contribution in [0.2, 0.25) is 0 Å². The number of benzene rings is 2. The van der Waals surface area contributed by atoms with E-state index in [1.165, 1.54) is 13.2 Å². The van der Waals surface area contributed by atoms with Gasteiger partial charge in [0.2, 0.25) is 5.75 Å². The molecule has 2 aromatic carbocycles. The minimum atomic E-state index is -0.191. The number of hydrogen-bond acceptors (Lipinski definition) is 5. The van der Waals surface area contributed by atoms with E-state index in [1.54, 1.807) is 44.6 Å². The molecule has 0 amide bonds. The highest BCUT2D eigenvalue weighted by Crippen LogP contribution is 2.39. The molecule has 0 unspecified atom stereocenters. The molecule has 5 nitrogen and oxygen atoms in total. The molecule has 2 aromatic rings. The molecule has 0 atom stereocenters. The molecule has 122 valence electrons. The number of aromatic hydroxyl groups is 2. The van der Waals surface area contributed by atoms with Crippen LogP contribution in [0.5, 0.6) is 28.7 Å². The summed E-state index contributed by atoms with van der Waals surface area (Å²) >= 11 is 3.28. The number of rotatable bonds is 5. The van der Waals surface area contributed by atoms with Crippen molar-refractivity contribution in [2.45, 2.75) is 0 Å². The molecule has 0 aliphatic heterocycles. The third-order valence-electron chi connectivity index (χ3n) is 3.23. The molecule has 0 aliphatic carbocycles. The van der Waals surface area contributed by atoms with E-state index in [0.29, 0.717) is 27.3 Å². The van der Waals surface area contributed by atoms with Gasteiger partial charge in [-0.1, -0.05) is 28.1 Å². The van der Waals surface area contributed by atoms with Crippen molar-refractivity contribution in [1.82, 2.24) is 0 Å². The van der Waals surface area contributed by atoms with Gasteiger partial charge in [-0.3, -0.25) is 0 Å². The normalized spacial score (nSPS) is 10.8. The van der Waals surface area contributed by atoms with Crippen LogP contribution in [-0.4, -0.2) is 31.5 Å². The molecule has 23 heavy (non-hydrogen) atoms. The molecule has 2 rings (SSSR count). The monoisotopic (exact) mass is 380 g/mol. The molecule has 0 radical (unpaired) electrons. The first-order chi connectivity index (χ1) is 11.0. The average molecular weight is 381 g/mol. The van der Waals surface area contributed by atoms with Gasteiger partial charge in [0.05, 0.1) is 21.3 Å². The fraction of sp³-hybridized carbons (Fsp3) is 0.176. The van der Waals surface area contributed by atoms with Crippen molar-refractivity contribution in [2.75, 3.05) is 21.3 Å². The largest absolute Gasteiger partial charge is 0.504 e. The molecule has 0 heterocycles. The van der Waals surface area contributed by atoms with Gasteiger partial charge in [-0.05, 0) is 29.8 Å². The zero-order valence-corrected chi connectivity index (χ0v) is 14.5. The van der Waals surface area contributed by atoms with Gasteiger partial charge >= 0.3 is 0 Å². The van der Waals surface area contributed by atoms with Gasteiger partial charge in [0.15, 0.2) is 23.0 Å². The predicted octanol–water partition coefficient (Wildman–Crippen LogP) is 4.06. The first-order valence-electron chi connectivity index (χ1n) is 6.69. The average Bonchev–Trinajstić information content (AvgIpc) is 2.55. The Morgan fingerprint density at radius 2 is 1.48 bits per heavy atom. The first kappa shape index (κ1) is 17.0. The van der Waals surface area contributed by atoms with Crippen molar-refractivity contribution in [1.29, 1.82) is 0 Å². The van der Waals surface area contributed by atoms with Crippen molar-refractivity contribution < 1.29 is 24.4 Å². The zero-order valence-electron chi connectivity index (χ0n) is 13.0. The SMILES string of the molecule is COc1cc(/C=C\c2cc(Br)cc(O)c2O)cc(OC)c1OC. The van der Waals surface area contributed by atoms with Crippen LogP contribution in [0.15, 0.2) is 28.7 Å². The van der Waals surface area contributed by atoms with Crippen LogP contribution in [0.25, 0.3) is 12.2 Å². The number of ether oxygens (including phenoxy) is 3. The molecule has 0 aromatic heterocycles. The summed E-state index contributed by atoms with van der Waals surface area (Å²) in [5, 5.41) is 19.5. The lowest BCUT2D eigenvalue weighted by Gasteiger charge is -2.12. The Hall–Kier alpha value is -2.34. The molecular weight excluding hydrogens is 364 g/mol. The summed E-state index contributed by atoms with van der Waals surface area (Å²) in [6.45, 7) is 0. The predicted molar refractivity (Wildman–Crippen MR) is 92.5 cm³/mol. The number of hydrogen-bond donors (Lipinski definition) is 2. The summed E-state index contributed by atoms with van der Waals surface area (Å²) in [5.74, 6) is 1.21. The zero-order chi connectivity index (χ0) is 17.0. The third kappa shape index (κ3) is 3.71. The summed E-state index contributed by atoms with van der Waals surface area (Å²) in [4.78, 5) is 0. The summed E-state index contributed by atoms with van der Waals surface area (Å²) < 4.78 is 16.5. The van der Waals surface area contributed by atoms with Crippen LogP contribution in [0.1, 0.15) is 11.1 Å². The van der Waals surface area contributed by atoms with Crippen LogP contribution >= 0.6 is 15.9 Å². The van der Waals surface area contributed by atoms with Gasteiger partial charge in [-0.2, -0.15) is 0 Å². The Balaban J connectivity index is 2.44. The minimum Gasteiger partial charge on any atom is -0.504 e. The van der Waals surface area contributed by atoms with Gasteiger partial charge in [0, 0.05) is 10.0 Å². The van der Waals surface area contributed by atoms with Crippen LogP contribution in [0, 0.1) is 0 Å². The highest BCUT2D eigenvalue weighted by molar-refractivity contribution is 9.10. The fourth-order valence-electron chi connectivity index (χ4n) is 2.12. The molecule has 2 N–H and O–H groups in total. The maximum absolute atomic E-state index is 9.89. The summed E-state index contributed by atoms with van der Waals surface area (Å²) in [6, 6.07) is 6.69. The second kappa shape index (κ2) is 7.28. The quantitative estimate of drug-likeness (QED) is 0.604. The Morgan fingerprint density at radius 3 is 2.00 bits per heavy atom. The third-order valence-corrected chi connectivity index (χ3v) is 3.68. The van der Waals surface area contributed by atoms with Gasteiger partial charge in [-0.15, -0.1) is 0 Å². The van der Waals surface area contributed by atoms with E-state index >= 15 is 0 Å². The number of methoxy groups -OCH3 is 3. The van der Waals surface area contributed by atoms with Crippen LogP contribution in [-0.2, 0) is 0 Å². The van der Waals surface area contributed by atoms with E-state index in [0.717, 1.165) is 5.56 Å². The first-order valence-corrected chi connectivity index (χ1v) is 7.49. The molecule has 0 fully saturated rings. The standard InChI is InChI=1S/C17H17BrO5/c1-21-14-6-10(7-15(22-2)17(14)23-3)4-5-11-8-12(18)9-13(19)16(11)20/h4-9,19-20H,1-3H3/b5-4-. The van der Waals surface area contributed by atoms with E-state index in [-0.39, 0.29) is 11.5 Å². The van der Waals surface area contributed by atoms with Crippen molar-refractivity contribution in [3.63, 3.8) is 0 Å². The van der Waals surface area contributed by atoms with Crippen molar-refractivity contribution in [3.05, 3.63) is 39.9 Å². The summed E-state index contributed by atoms with van der Waals surface area (Å²) in [7, 11) is 4.63. The molecule has 0 aliphatic rings. The Kier molecular flexibility index (Phi) is 5.39. The maximum atomic E-state index is 9.89. The molecule has 0 saturated heterocycles. The van der Waals surface area contributed by atoms with Crippen LogP contribution in [0.4, 0.5) is 0 Å². The van der Waals surface area contributed by atoms with Crippen molar-refractivity contribution in [3.8, 4) is 28.7 Å². The summed E-state index contributed by atoms with van der Waals surface area (Å²) in [6.07, 6.45) is 3.45. The van der Waals surface area contributed by atoms with E-state index in [9.17, 15) is 10.2 Å². The van der Waals surface area contributed by atoms with Crippen LogP contribution < -0.4 is 14.2 Å². The lowest BCUT2D eigenvalue weighted by molar-refractivity contribution is 0.324. The molecule has 6 heteroatoms. The molecule has 0 spiro atoms. The van der Waals surface area contributed by atoms with E-state index in [4.69, 9.17) is 14.2 Å². The minimum absolute atomic E-state index is 0.183. The second-order valence-electron chi connectivity index (χ2n) is 4.65. The second-order valence-corrected chi connectivity index (χ2v) is 5.57. The lowest BCUT2D eigenvalue weighted by Crippen LogP contribution is -1.95. The van der Waals surface area contributed by atoms with E-state index in [1.807, 2.05) is 0 Å².